The molecule has 0 bridgehead atoms. The van der Waals surface area contributed by atoms with Crippen molar-refractivity contribution in [2.75, 3.05) is 0 Å². The summed E-state index contributed by atoms with van der Waals surface area (Å²) in [6, 6.07) is 3.17. The molecule has 0 saturated carbocycles. The molecule has 2 heterocycles. The van der Waals surface area contributed by atoms with E-state index >= 15 is 0 Å². The number of hydrogen-bond acceptors (Lipinski definition) is 4. The highest BCUT2D eigenvalue weighted by molar-refractivity contribution is 7.11. The molecular weight excluding hydrogens is 270 g/mol. The molecule has 1 N–H and O–H groups in total. The van der Waals surface area contributed by atoms with Gasteiger partial charge >= 0.3 is 0 Å². The molecule has 0 aliphatic rings. The Balaban J connectivity index is 1.96. The Morgan fingerprint density at radius 2 is 2.33 bits per heavy atom. The SMILES string of the molecule is CCc1cnc(CNC(=O)c2cc(Cl)ccn2)s1. The van der Waals surface area contributed by atoms with Gasteiger partial charge in [0.15, 0.2) is 0 Å². The predicted molar refractivity (Wildman–Crippen MR) is 71.9 cm³/mol. The number of aryl methyl sites for hydroxylation is 1. The van der Waals surface area contributed by atoms with Crippen LogP contribution in [0, 0.1) is 0 Å². The maximum absolute atomic E-state index is 11.8. The summed E-state index contributed by atoms with van der Waals surface area (Å²) in [6.07, 6.45) is 4.31. The molecule has 0 unspecified atom stereocenters. The second-order valence-electron chi connectivity index (χ2n) is 3.62. The van der Waals surface area contributed by atoms with E-state index in [-0.39, 0.29) is 5.91 Å². The molecule has 0 aromatic carbocycles. The molecule has 0 atom stereocenters. The van der Waals surface area contributed by atoms with Gasteiger partial charge in [-0.05, 0) is 18.6 Å². The van der Waals surface area contributed by atoms with Crippen molar-refractivity contribution in [3.8, 4) is 0 Å². The van der Waals surface area contributed by atoms with Crippen LogP contribution >= 0.6 is 22.9 Å². The lowest BCUT2D eigenvalue weighted by Crippen LogP contribution is -2.23. The molecule has 18 heavy (non-hydrogen) atoms. The van der Waals surface area contributed by atoms with E-state index in [9.17, 15) is 4.79 Å². The highest BCUT2D eigenvalue weighted by Crippen LogP contribution is 2.13. The monoisotopic (exact) mass is 281 g/mol. The van der Waals surface area contributed by atoms with Gasteiger partial charge in [-0.25, -0.2) is 4.98 Å². The third-order valence-corrected chi connectivity index (χ3v) is 3.68. The number of carbonyl (C=O) groups is 1. The molecular formula is C12H12ClN3OS. The molecule has 0 aliphatic carbocycles. The van der Waals surface area contributed by atoms with Crippen LogP contribution in [0.2, 0.25) is 5.02 Å². The van der Waals surface area contributed by atoms with Gasteiger partial charge in [0.05, 0.1) is 6.54 Å². The summed E-state index contributed by atoms with van der Waals surface area (Å²) < 4.78 is 0. The fraction of sp³-hybridized carbons (Fsp3) is 0.250. The maximum Gasteiger partial charge on any atom is 0.270 e. The van der Waals surface area contributed by atoms with Crippen LogP contribution in [0.4, 0.5) is 0 Å². The first-order chi connectivity index (χ1) is 8.69. The number of nitrogens with zero attached hydrogens (tertiary/aromatic N) is 2. The highest BCUT2D eigenvalue weighted by atomic mass is 35.5. The van der Waals surface area contributed by atoms with Gasteiger partial charge in [0.2, 0.25) is 0 Å². The van der Waals surface area contributed by atoms with Crippen LogP contribution in [0.25, 0.3) is 0 Å². The topological polar surface area (TPSA) is 54.9 Å². The minimum atomic E-state index is -0.245. The molecule has 94 valence electrons. The average molecular weight is 282 g/mol. The van der Waals surface area contributed by atoms with Crippen molar-refractivity contribution in [1.29, 1.82) is 0 Å². The summed E-state index contributed by atoms with van der Waals surface area (Å²) in [5.41, 5.74) is 0.315. The van der Waals surface area contributed by atoms with E-state index < -0.39 is 0 Å². The molecule has 0 radical (unpaired) electrons. The van der Waals surface area contributed by atoms with Crippen molar-refractivity contribution >= 4 is 28.8 Å². The second kappa shape index (κ2) is 5.93. The van der Waals surface area contributed by atoms with E-state index in [1.807, 2.05) is 6.20 Å². The van der Waals surface area contributed by atoms with E-state index in [2.05, 4.69) is 22.2 Å². The predicted octanol–water partition coefficient (Wildman–Crippen LogP) is 2.68. The van der Waals surface area contributed by atoms with Crippen molar-refractivity contribution in [2.45, 2.75) is 19.9 Å². The number of halogens is 1. The Morgan fingerprint density at radius 3 is 3.00 bits per heavy atom. The van der Waals surface area contributed by atoms with Gasteiger partial charge in [-0.15, -0.1) is 11.3 Å². The van der Waals surface area contributed by atoms with E-state index in [0.717, 1.165) is 11.4 Å². The van der Waals surface area contributed by atoms with Gasteiger partial charge < -0.3 is 5.32 Å². The number of carbonyl (C=O) groups excluding carboxylic acids is 1. The summed E-state index contributed by atoms with van der Waals surface area (Å²) in [5, 5.41) is 4.16. The van der Waals surface area contributed by atoms with Gasteiger partial charge in [-0.2, -0.15) is 0 Å². The van der Waals surface area contributed by atoms with E-state index in [0.29, 0.717) is 17.3 Å². The van der Waals surface area contributed by atoms with Gasteiger partial charge in [0.25, 0.3) is 5.91 Å². The lowest BCUT2D eigenvalue weighted by atomic mass is 10.3. The van der Waals surface area contributed by atoms with Crippen LogP contribution in [0.15, 0.2) is 24.5 Å². The Morgan fingerprint density at radius 1 is 1.50 bits per heavy atom. The third kappa shape index (κ3) is 3.27. The van der Waals surface area contributed by atoms with Gasteiger partial charge in [0, 0.05) is 22.3 Å². The number of thiazole rings is 1. The molecule has 2 aromatic rings. The van der Waals surface area contributed by atoms with Crippen LogP contribution < -0.4 is 5.32 Å². The molecule has 2 aromatic heterocycles. The molecule has 1 amide bonds. The van der Waals surface area contributed by atoms with Crippen molar-refractivity contribution in [1.82, 2.24) is 15.3 Å². The lowest BCUT2D eigenvalue weighted by molar-refractivity contribution is 0.0946. The minimum absolute atomic E-state index is 0.245. The lowest BCUT2D eigenvalue weighted by Gasteiger charge is -2.02. The van der Waals surface area contributed by atoms with E-state index in [4.69, 9.17) is 11.6 Å². The fourth-order valence-electron chi connectivity index (χ4n) is 1.37. The molecule has 2 rings (SSSR count). The average Bonchev–Trinajstić information content (AvgIpc) is 2.84. The summed E-state index contributed by atoms with van der Waals surface area (Å²) >= 11 is 7.40. The molecule has 0 fully saturated rings. The summed E-state index contributed by atoms with van der Waals surface area (Å²) in [4.78, 5) is 21.2. The third-order valence-electron chi connectivity index (χ3n) is 2.30. The van der Waals surface area contributed by atoms with Crippen LogP contribution in [0.5, 0.6) is 0 Å². The van der Waals surface area contributed by atoms with Crippen LogP contribution in [-0.4, -0.2) is 15.9 Å². The van der Waals surface area contributed by atoms with Crippen molar-refractivity contribution < 1.29 is 4.79 Å². The zero-order valence-electron chi connectivity index (χ0n) is 9.81. The zero-order chi connectivity index (χ0) is 13.0. The summed E-state index contributed by atoms with van der Waals surface area (Å²) in [7, 11) is 0. The molecule has 0 aliphatic heterocycles. The minimum Gasteiger partial charge on any atom is -0.344 e. The molecule has 4 nitrogen and oxygen atoms in total. The standard InChI is InChI=1S/C12H12ClN3OS/c1-2-9-6-15-11(18-9)7-16-12(17)10-5-8(13)3-4-14-10/h3-6H,2,7H2,1H3,(H,16,17). The normalized spacial score (nSPS) is 10.3. The number of amides is 1. The number of pyridine rings is 1. The van der Waals surface area contributed by atoms with E-state index in [1.165, 1.54) is 17.1 Å². The molecule has 6 heteroatoms. The van der Waals surface area contributed by atoms with Crippen molar-refractivity contribution in [3.63, 3.8) is 0 Å². The largest absolute Gasteiger partial charge is 0.344 e. The first kappa shape index (κ1) is 13.0. The quantitative estimate of drug-likeness (QED) is 0.937. The van der Waals surface area contributed by atoms with Crippen LogP contribution in [0.3, 0.4) is 0 Å². The van der Waals surface area contributed by atoms with Crippen molar-refractivity contribution in [2.24, 2.45) is 0 Å². The Kier molecular flexibility index (Phi) is 4.28. The van der Waals surface area contributed by atoms with Gasteiger partial charge in [-0.1, -0.05) is 18.5 Å². The number of aromatic nitrogens is 2. The molecule has 0 saturated heterocycles. The smallest absolute Gasteiger partial charge is 0.270 e. The van der Waals surface area contributed by atoms with Crippen molar-refractivity contribution in [3.05, 3.63) is 45.1 Å². The maximum atomic E-state index is 11.8. The Hall–Kier alpha value is -1.46. The Labute approximate surface area is 114 Å². The van der Waals surface area contributed by atoms with E-state index in [1.54, 1.807) is 17.4 Å². The summed E-state index contributed by atoms with van der Waals surface area (Å²) in [6.45, 7) is 2.49. The van der Waals surface area contributed by atoms with Crippen LogP contribution in [0.1, 0.15) is 27.3 Å². The van der Waals surface area contributed by atoms with Gasteiger partial charge in [0.1, 0.15) is 10.7 Å². The Bertz CT molecular complexity index is 556. The first-order valence-electron chi connectivity index (χ1n) is 5.52. The fourth-order valence-corrected chi connectivity index (χ4v) is 2.33. The number of rotatable bonds is 4. The zero-order valence-corrected chi connectivity index (χ0v) is 11.4. The molecule has 0 spiro atoms. The second-order valence-corrected chi connectivity index (χ2v) is 5.25. The highest BCUT2D eigenvalue weighted by Gasteiger charge is 2.08. The first-order valence-corrected chi connectivity index (χ1v) is 6.72. The summed E-state index contributed by atoms with van der Waals surface area (Å²) in [5.74, 6) is -0.245. The number of nitrogens with one attached hydrogen (secondary N) is 1. The number of hydrogen-bond donors (Lipinski definition) is 1. The van der Waals surface area contributed by atoms with Gasteiger partial charge in [-0.3, -0.25) is 9.78 Å². The van der Waals surface area contributed by atoms with Crippen LogP contribution in [-0.2, 0) is 13.0 Å².